The zero-order valence-corrected chi connectivity index (χ0v) is 20.9. The second kappa shape index (κ2) is 15.1. The molecule has 0 spiro atoms. The number of fused-ring (bicyclic) bond motifs is 1. The number of esters is 1. The third kappa shape index (κ3) is 9.37. The maximum Gasteiger partial charge on any atom is 0.307 e. The van der Waals surface area contributed by atoms with Crippen molar-refractivity contribution in [2.45, 2.75) is 38.2 Å². The molecular formula is C22H34IN3O6. The lowest BCUT2D eigenvalue weighted by atomic mass is 10.2. The molecule has 0 saturated carbocycles. The van der Waals surface area contributed by atoms with Crippen molar-refractivity contribution in [1.82, 2.24) is 5.32 Å². The molecule has 1 aromatic carbocycles. The van der Waals surface area contributed by atoms with Crippen LogP contribution in [0.2, 0.25) is 0 Å². The number of rotatable bonds is 10. The highest BCUT2D eigenvalue weighted by atomic mass is 127. The standard InChI is InChI=1S/C22H33N3O6.HI/c1-27-21(26)8-10-24-22(23-9-3-11-28-16-18-5-2-12-29-18)25-17-6-7-19-20(15-17)31-14-4-13-30-19;/h6-7,15,18H,2-5,8-14,16H2,1H3,(H2,23,24,25);1H. The highest BCUT2D eigenvalue weighted by Crippen LogP contribution is 2.32. The summed E-state index contributed by atoms with van der Waals surface area (Å²) in [5.41, 5.74) is 0.822. The average Bonchev–Trinajstić information content (AvgIpc) is 3.19. The van der Waals surface area contributed by atoms with Gasteiger partial charge in [0.2, 0.25) is 0 Å². The second-order valence-electron chi connectivity index (χ2n) is 7.38. The Morgan fingerprint density at radius 2 is 2.03 bits per heavy atom. The number of methoxy groups -OCH3 is 1. The third-order valence-corrected chi connectivity index (χ3v) is 4.90. The number of anilines is 1. The molecule has 0 amide bonds. The van der Waals surface area contributed by atoms with Gasteiger partial charge in [-0.25, -0.2) is 0 Å². The van der Waals surface area contributed by atoms with Crippen LogP contribution in [0.3, 0.4) is 0 Å². The van der Waals surface area contributed by atoms with Crippen LogP contribution in [0, 0.1) is 0 Å². The molecule has 1 atom stereocenters. The van der Waals surface area contributed by atoms with Crippen LogP contribution >= 0.6 is 24.0 Å². The van der Waals surface area contributed by atoms with Crippen molar-refractivity contribution in [3.05, 3.63) is 18.2 Å². The smallest absolute Gasteiger partial charge is 0.307 e. The maximum absolute atomic E-state index is 11.4. The Labute approximate surface area is 206 Å². The Bertz CT molecular complexity index is 728. The van der Waals surface area contributed by atoms with Crippen LogP contribution < -0.4 is 20.1 Å². The number of hydrogen-bond donors (Lipinski definition) is 2. The molecule has 1 aromatic rings. The van der Waals surface area contributed by atoms with Gasteiger partial charge in [-0.3, -0.25) is 9.79 Å². The summed E-state index contributed by atoms with van der Waals surface area (Å²) >= 11 is 0. The highest BCUT2D eigenvalue weighted by Gasteiger charge is 2.15. The van der Waals surface area contributed by atoms with E-state index in [0.29, 0.717) is 51.2 Å². The monoisotopic (exact) mass is 563 g/mol. The molecule has 1 saturated heterocycles. The van der Waals surface area contributed by atoms with Crippen molar-refractivity contribution in [2.24, 2.45) is 4.99 Å². The van der Waals surface area contributed by atoms with E-state index in [1.807, 2.05) is 18.2 Å². The second-order valence-corrected chi connectivity index (χ2v) is 7.38. The fourth-order valence-corrected chi connectivity index (χ4v) is 3.25. The minimum Gasteiger partial charge on any atom is -0.490 e. The van der Waals surface area contributed by atoms with E-state index in [1.165, 1.54) is 7.11 Å². The summed E-state index contributed by atoms with van der Waals surface area (Å²) in [5.74, 6) is 1.75. The number of benzene rings is 1. The van der Waals surface area contributed by atoms with Gasteiger partial charge in [-0.2, -0.15) is 0 Å². The molecular weight excluding hydrogens is 529 g/mol. The molecule has 0 aliphatic carbocycles. The van der Waals surface area contributed by atoms with Gasteiger partial charge < -0.3 is 34.3 Å². The van der Waals surface area contributed by atoms with E-state index in [1.54, 1.807) is 0 Å². The Kier molecular flexibility index (Phi) is 12.5. The summed E-state index contributed by atoms with van der Waals surface area (Å²) < 4.78 is 27.4. The van der Waals surface area contributed by atoms with E-state index in [2.05, 4.69) is 15.6 Å². The Morgan fingerprint density at radius 1 is 1.19 bits per heavy atom. The fraction of sp³-hybridized carbons (Fsp3) is 0.636. The van der Waals surface area contributed by atoms with Crippen molar-refractivity contribution >= 4 is 41.6 Å². The number of carbonyl (C=O) groups is 1. The predicted octanol–water partition coefficient (Wildman–Crippen LogP) is 2.97. The fourth-order valence-electron chi connectivity index (χ4n) is 3.25. The topological polar surface area (TPSA) is 99.6 Å². The van der Waals surface area contributed by atoms with Gasteiger partial charge in [0.1, 0.15) is 0 Å². The summed E-state index contributed by atoms with van der Waals surface area (Å²) in [6, 6.07) is 5.69. The molecule has 1 unspecified atom stereocenters. The summed E-state index contributed by atoms with van der Waals surface area (Å²) in [6.07, 6.45) is 4.32. The molecule has 2 aliphatic rings. The number of guanidine groups is 1. The molecule has 0 bridgehead atoms. The van der Waals surface area contributed by atoms with Crippen molar-refractivity contribution in [3.63, 3.8) is 0 Å². The maximum atomic E-state index is 11.4. The van der Waals surface area contributed by atoms with Crippen LogP contribution in [0.5, 0.6) is 11.5 Å². The van der Waals surface area contributed by atoms with E-state index in [9.17, 15) is 4.79 Å². The van der Waals surface area contributed by atoms with Gasteiger partial charge in [-0.15, -0.1) is 24.0 Å². The van der Waals surface area contributed by atoms with Gasteiger partial charge in [0.05, 0.1) is 39.5 Å². The molecule has 10 heteroatoms. The van der Waals surface area contributed by atoms with Crippen molar-refractivity contribution in [1.29, 1.82) is 0 Å². The normalized spacial score (nSPS) is 17.8. The Balaban J connectivity index is 0.00000363. The minimum atomic E-state index is -0.273. The molecule has 0 radical (unpaired) electrons. The van der Waals surface area contributed by atoms with E-state index in [4.69, 9.17) is 23.7 Å². The first-order valence-electron chi connectivity index (χ1n) is 11.0. The van der Waals surface area contributed by atoms with E-state index in [0.717, 1.165) is 43.7 Å². The van der Waals surface area contributed by atoms with Gasteiger partial charge in [0.15, 0.2) is 17.5 Å². The Hall–Kier alpha value is -1.79. The molecule has 32 heavy (non-hydrogen) atoms. The van der Waals surface area contributed by atoms with Gasteiger partial charge in [-0.1, -0.05) is 0 Å². The predicted molar refractivity (Wildman–Crippen MR) is 132 cm³/mol. The molecule has 180 valence electrons. The van der Waals surface area contributed by atoms with Crippen molar-refractivity contribution in [2.75, 3.05) is 58.6 Å². The number of hydrogen-bond acceptors (Lipinski definition) is 7. The van der Waals surface area contributed by atoms with Crippen LogP contribution in [0.25, 0.3) is 0 Å². The first-order chi connectivity index (χ1) is 15.2. The lowest BCUT2D eigenvalue weighted by Crippen LogP contribution is -2.33. The SMILES string of the molecule is COC(=O)CCNC(=NCCCOCC1CCCO1)Nc1ccc2c(c1)OCCCO2.I. The van der Waals surface area contributed by atoms with Crippen LogP contribution in [-0.2, 0) is 19.0 Å². The lowest BCUT2D eigenvalue weighted by Gasteiger charge is -2.14. The van der Waals surface area contributed by atoms with Gasteiger partial charge in [-0.05, 0) is 31.4 Å². The van der Waals surface area contributed by atoms with Gasteiger partial charge >= 0.3 is 5.97 Å². The molecule has 3 rings (SSSR count). The zero-order valence-electron chi connectivity index (χ0n) is 18.6. The highest BCUT2D eigenvalue weighted by molar-refractivity contribution is 14.0. The zero-order chi connectivity index (χ0) is 21.7. The van der Waals surface area contributed by atoms with Crippen LogP contribution in [0.15, 0.2) is 23.2 Å². The molecule has 2 aliphatic heterocycles. The lowest BCUT2D eigenvalue weighted by molar-refractivity contribution is -0.140. The third-order valence-electron chi connectivity index (χ3n) is 4.90. The van der Waals surface area contributed by atoms with E-state index in [-0.39, 0.29) is 42.5 Å². The summed E-state index contributed by atoms with van der Waals surface area (Å²) in [5, 5.41) is 6.43. The van der Waals surface area contributed by atoms with Crippen LogP contribution in [-0.4, -0.2) is 71.3 Å². The molecule has 0 aromatic heterocycles. The molecule has 2 N–H and O–H groups in total. The summed E-state index contributed by atoms with van der Waals surface area (Å²) in [7, 11) is 1.38. The number of aliphatic imine (C=N–C) groups is 1. The number of nitrogens with one attached hydrogen (secondary N) is 2. The minimum absolute atomic E-state index is 0. The number of carbonyl (C=O) groups excluding carboxylic acids is 1. The van der Waals surface area contributed by atoms with E-state index < -0.39 is 0 Å². The quantitative estimate of drug-likeness (QED) is 0.148. The van der Waals surface area contributed by atoms with Crippen LogP contribution in [0.1, 0.15) is 32.1 Å². The largest absolute Gasteiger partial charge is 0.490 e. The van der Waals surface area contributed by atoms with E-state index >= 15 is 0 Å². The molecule has 1 fully saturated rings. The number of halogens is 1. The first-order valence-corrected chi connectivity index (χ1v) is 11.0. The van der Waals surface area contributed by atoms with Crippen molar-refractivity contribution < 1.29 is 28.5 Å². The molecule has 9 nitrogen and oxygen atoms in total. The molecule has 2 heterocycles. The van der Waals surface area contributed by atoms with Crippen LogP contribution in [0.4, 0.5) is 5.69 Å². The van der Waals surface area contributed by atoms with Gasteiger partial charge in [0.25, 0.3) is 0 Å². The summed E-state index contributed by atoms with van der Waals surface area (Å²) in [4.78, 5) is 16.0. The Morgan fingerprint density at radius 3 is 2.81 bits per heavy atom. The summed E-state index contributed by atoms with van der Waals surface area (Å²) in [6.45, 7) is 4.38. The van der Waals surface area contributed by atoms with Gasteiger partial charge in [0, 0.05) is 44.5 Å². The first kappa shape index (κ1) is 26.5. The van der Waals surface area contributed by atoms with Crippen molar-refractivity contribution in [3.8, 4) is 11.5 Å². The number of nitrogens with zero attached hydrogens (tertiary/aromatic N) is 1. The number of ether oxygens (including phenoxy) is 5. The average molecular weight is 563 g/mol.